The summed E-state index contributed by atoms with van der Waals surface area (Å²) in [6.07, 6.45) is 3.48. The number of rotatable bonds is 8. The van der Waals surface area contributed by atoms with E-state index in [9.17, 15) is 4.79 Å². The van der Waals surface area contributed by atoms with Crippen molar-refractivity contribution in [2.45, 2.75) is 46.6 Å². The lowest BCUT2D eigenvalue weighted by Gasteiger charge is -2.14. The Morgan fingerprint density at radius 2 is 1.80 bits per heavy atom. The molecule has 5 rings (SSSR count). The maximum absolute atomic E-state index is 12.5. The molecule has 3 N–H and O–H groups in total. The normalized spacial score (nSPS) is 11.2. The van der Waals surface area contributed by atoms with Gasteiger partial charge in [0.2, 0.25) is 0 Å². The third-order valence-electron chi connectivity index (χ3n) is 6.60. The van der Waals surface area contributed by atoms with Crippen LogP contribution in [0.25, 0.3) is 43.4 Å². The van der Waals surface area contributed by atoms with Crippen LogP contribution in [-0.2, 0) is 23.0 Å². The first-order chi connectivity index (χ1) is 20.8. The van der Waals surface area contributed by atoms with Crippen LogP contribution in [0.15, 0.2) is 54.7 Å². The molecule has 230 valence electrons. The smallest absolute Gasteiger partial charge is 0.310 e. The Morgan fingerprint density at radius 3 is 2.41 bits per heavy atom. The van der Waals surface area contributed by atoms with Gasteiger partial charge in [0.15, 0.2) is 0 Å². The van der Waals surface area contributed by atoms with Gasteiger partial charge in [0.25, 0.3) is 0 Å². The Balaban J connectivity index is 0.000000818. The van der Waals surface area contributed by atoms with Gasteiger partial charge in [-0.3, -0.25) is 4.79 Å². The molecule has 2 aromatic heterocycles. The second-order valence-electron chi connectivity index (χ2n) is 11.3. The minimum absolute atomic E-state index is 0.173. The van der Waals surface area contributed by atoms with Gasteiger partial charge < -0.3 is 25.1 Å². The third kappa shape index (κ3) is 7.72. The molecule has 5 aromatic rings. The largest absolute Gasteiger partial charge is 0.466 e. The molecular weight excluding hydrogens is 594 g/mol. The number of carbonyl (C=O) groups is 1. The van der Waals surface area contributed by atoms with Gasteiger partial charge in [0.1, 0.15) is 16.5 Å². The molecule has 8 nitrogen and oxygen atoms in total. The molecule has 0 aliphatic carbocycles. The van der Waals surface area contributed by atoms with E-state index in [4.69, 9.17) is 36.8 Å². The van der Waals surface area contributed by atoms with Crippen LogP contribution in [0.3, 0.4) is 0 Å². The topological polar surface area (TPSA) is 113 Å². The van der Waals surface area contributed by atoms with Crippen molar-refractivity contribution in [3.05, 3.63) is 76.4 Å². The quantitative estimate of drug-likeness (QED) is 0.118. The molecule has 0 saturated carbocycles. The molecule has 0 spiro atoms. The van der Waals surface area contributed by atoms with E-state index in [0.29, 0.717) is 11.6 Å². The van der Waals surface area contributed by atoms with Crippen molar-refractivity contribution in [1.29, 1.82) is 5.41 Å². The number of fused-ring (bicyclic) bond motifs is 1. The van der Waals surface area contributed by atoms with Crippen LogP contribution >= 0.6 is 22.9 Å². The van der Waals surface area contributed by atoms with Crippen LogP contribution in [0, 0.1) is 12.3 Å². The number of halogens is 1. The summed E-state index contributed by atoms with van der Waals surface area (Å²) in [4.78, 5) is 22.4. The van der Waals surface area contributed by atoms with Gasteiger partial charge in [-0.15, -0.1) is 11.3 Å². The lowest BCUT2D eigenvalue weighted by molar-refractivity contribution is -0.142. The molecule has 44 heavy (non-hydrogen) atoms. The molecule has 0 aliphatic rings. The number of hydrogen-bond donors (Lipinski definition) is 3. The summed E-state index contributed by atoms with van der Waals surface area (Å²) in [5.41, 5.74) is 7.52. The van der Waals surface area contributed by atoms with Crippen molar-refractivity contribution in [2.75, 3.05) is 19.0 Å². The molecule has 3 aromatic carbocycles. The molecule has 0 bridgehead atoms. The molecule has 2 heterocycles. The highest BCUT2D eigenvalue weighted by Gasteiger charge is 2.21. The molecule has 0 atom stereocenters. The molecule has 0 saturated heterocycles. The van der Waals surface area contributed by atoms with Gasteiger partial charge in [0.05, 0.1) is 28.8 Å². The fourth-order valence-corrected chi connectivity index (χ4v) is 5.96. The lowest BCUT2D eigenvalue weighted by atomic mass is 9.93. The highest BCUT2D eigenvalue weighted by molar-refractivity contribution is 7.22. The average Bonchev–Trinajstić information content (AvgIpc) is 3.56. The summed E-state index contributed by atoms with van der Waals surface area (Å²) in [5.74, 6) is 0.523. The Hall–Kier alpha value is -4.05. The van der Waals surface area contributed by atoms with E-state index in [-0.39, 0.29) is 12.4 Å². The average molecular weight is 632 g/mol. The summed E-state index contributed by atoms with van der Waals surface area (Å²) in [7, 11) is 3.79. The van der Waals surface area contributed by atoms with Crippen LogP contribution in [0.2, 0.25) is 5.02 Å². The van der Waals surface area contributed by atoms with E-state index in [1.165, 1.54) is 6.21 Å². The van der Waals surface area contributed by atoms with Crippen molar-refractivity contribution in [3.8, 4) is 33.2 Å². The number of anilines is 1. The van der Waals surface area contributed by atoms with Crippen LogP contribution in [0.4, 0.5) is 5.69 Å². The first kappa shape index (κ1) is 32.9. The van der Waals surface area contributed by atoms with Gasteiger partial charge in [-0.05, 0) is 87.7 Å². The zero-order valence-electron chi connectivity index (χ0n) is 26.1. The van der Waals surface area contributed by atoms with Crippen LogP contribution in [0.1, 0.15) is 44.4 Å². The number of carbonyl (C=O) groups excluding carboxylic acids is 1. The number of aliphatic hydroxyl groups is 1. The molecule has 10 heteroatoms. The molecule has 0 unspecified atom stereocenters. The number of aromatic nitrogens is 3. The van der Waals surface area contributed by atoms with E-state index in [2.05, 4.69) is 5.32 Å². The molecule has 0 aliphatic heterocycles. The predicted octanol–water partition coefficient (Wildman–Crippen LogP) is 7.91. The lowest BCUT2D eigenvalue weighted by Crippen LogP contribution is -2.10. The van der Waals surface area contributed by atoms with E-state index < -0.39 is 5.60 Å². The first-order valence-corrected chi connectivity index (χ1v) is 15.5. The van der Waals surface area contributed by atoms with E-state index in [1.807, 2.05) is 87.2 Å². The Kier molecular flexibility index (Phi) is 10.2. The predicted molar refractivity (Wildman–Crippen MR) is 182 cm³/mol. The number of benzene rings is 3. The number of aryl methyl sites for hydroxylation is 2. The second-order valence-corrected chi connectivity index (χ2v) is 12.8. The van der Waals surface area contributed by atoms with Crippen molar-refractivity contribution < 1.29 is 14.6 Å². The van der Waals surface area contributed by atoms with Crippen LogP contribution in [-0.4, -0.2) is 51.1 Å². The molecule has 0 amide bonds. The second kappa shape index (κ2) is 13.7. The van der Waals surface area contributed by atoms with Crippen molar-refractivity contribution in [3.63, 3.8) is 0 Å². The van der Waals surface area contributed by atoms with Gasteiger partial charge in [-0.2, -0.15) is 0 Å². The number of imidazole rings is 1. The summed E-state index contributed by atoms with van der Waals surface area (Å²) in [6, 6.07) is 15.6. The van der Waals surface area contributed by atoms with Crippen molar-refractivity contribution in [1.82, 2.24) is 14.5 Å². The number of ether oxygens (including phenoxy) is 1. The maximum atomic E-state index is 12.5. The fraction of sp³-hybridized carbons (Fsp3) is 0.294. The zero-order chi connectivity index (χ0) is 32.2. The zero-order valence-corrected chi connectivity index (χ0v) is 27.7. The third-order valence-corrected chi connectivity index (χ3v) is 7.96. The summed E-state index contributed by atoms with van der Waals surface area (Å²) in [5, 5.41) is 20.8. The number of nitrogens with one attached hydrogen (secondary N) is 2. The number of nitrogens with zero attached hydrogens (tertiary/aromatic N) is 3. The number of thiazole rings is 1. The monoisotopic (exact) mass is 631 g/mol. The Morgan fingerprint density at radius 1 is 1.14 bits per heavy atom. The fourth-order valence-electron chi connectivity index (χ4n) is 4.74. The minimum Gasteiger partial charge on any atom is -0.466 e. The summed E-state index contributed by atoms with van der Waals surface area (Å²) >= 11 is 7.74. The first-order valence-electron chi connectivity index (χ1n) is 14.3. The van der Waals surface area contributed by atoms with E-state index in [1.54, 1.807) is 32.1 Å². The van der Waals surface area contributed by atoms with Crippen molar-refractivity contribution >= 4 is 51.0 Å². The molecule has 0 fully saturated rings. The van der Waals surface area contributed by atoms with Gasteiger partial charge >= 0.3 is 5.97 Å². The summed E-state index contributed by atoms with van der Waals surface area (Å²) < 4.78 is 8.24. The van der Waals surface area contributed by atoms with E-state index in [0.717, 1.165) is 65.8 Å². The Labute approximate surface area is 267 Å². The van der Waals surface area contributed by atoms with Gasteiger partial charge in [0, 0.05) is 53.9 Å². The standard InChI is InChI=1S/C30H28ClN5O2S.C4H10O/c1-5-38-26(37)14-22-17(2)12-24-28(27(22)18-6-9-21(31)10-7-18)39-30(35-24)25-16-36(4)29(34-25)19-8-11-23(33-3)20(13-19)15-32;1-4(2,3)5/h6-13,15-16,32-33H,5,14H2,1-4H3;5H,1-3H3. The van der Waals surface area contributed by atoms with Gasteiger partial charge in [-0.25, -0.2) is 9.97 Å². The maximum Gasteiger partial charge on any atom is 0.310 e. The van der Waals surface area contributed by atoms with Crippen LogP contribution in [0.5, 0.6) is 0 Å². The van der Waals surface area contributed by atoms with Crippen molar-refractivity contribution in [2.24, 2.45) is 7.05 Å². The highest BCUT2D eigenvalue weighted by Crippen LogP contribution is 2.41. The highest BCUT2D eigenvalue weighted by atomic mass is 35.5. The number of hydrogen-bond acceptors (Lipinski definition) is 8. The van der Waals surface area contributed by atoms with E-state index >= 15 is 0 Å². The number of esters is 1. The summed E-state index contributed by atoms with van der Waals surface area (Å²) in [6.45, 7) is 9.38. The Bertz CT molecular complexity index is 1800. The van der Waals surface area contributed by atoms with Gasteiger partial charge in [-0.1, -0.05) is 23.7 Å². The minimum atomic E-state index is -0.500. The molecular formula is C34H38ClN5O3S. The SMILES string of the molecule is CC(C)(C)O.CCOC(=O)Cc1c(C)cc2nc(-c3cn(C)c(-c4ccc(NC)c(C=N)c4)n3)sc2c1-c1ccc(Cl)cc1. The molecule has 0 radical (unpaired) electrons. The van der Waals surface area contributed by atoms with Crippen LogP contribution < -0.4 is 5.32 Å².